The second-order valence-electron chi connectivity index (χ2n) is 8.71. The zero-order valence-corrected chi connectivity index (χ0v) is 18.8. The molecule has 1 aromatic rings. The first-order chi connectivity index (χ1) is 15.4. The third-order valence-electron chi connectivity index (χ3n) is 6.81. The Morgan fingerprint density at radius 2 is 1.94 bits per heavy atom. The lowest BCUT2D eigenvalue weighted by Crippen LogP contribution is -2.61. The Balaban J connectivity index is 0.000000913. The Kier molecular flexibility index (Phi) is 7.87. The first-order valence-electron chi connectivity index (χ1n) is 11.4. The molecule has 0 spiro atoms. The SMILES string of the molecule is CCn1cc(C(=O)NC2CCC(C(=O)N3C[C@@H]4CCCN4C(=O)[C@@H]3C)CC2)cn1.O=CO. The number of hydrogen-bond donors (Lipinski definition) is 2. The van der Waals surface area contributed by atoms with Crippen LogP contribution in [0.3, 0.4) is 0 Å². The highest BCUT2D eigenvalue weighted by atomic mass is 16.3. The molecule has 32 heavy (non-hydrogen) atoms. The molecule has 2 aliphatic heterocycles. The van der Waals surface area contributed by atoms with E-state index in [1.54, 1.807) is 17.1 Å². The lowest BCUT2D eigenvalue weighted by Gasteiger charge is -2.43. The van der Waals surface area contributed by atoms with Gasteiger partial charge in [0, 0.05) is 43.8 Å². The Morgan fingerprint density at radius 3 is 2.56 bits per heavy atom. The fraction of sp³-hybridized carbons (Fsp3) is 0.682. The summed E-state index contributed by atoms with van der Waals surface area (Å²) in [6, 6.07) is -0.0750. The Morgan fingerprint density at radius 1 is 1.25 bits per heavy atom. The maximum atomic E-state index is 13.1. The van der Waals surface area contributed by atoms with E-state index >= 15 is 0 Å². The zero-order chi connectivity index (χ0) is 23.3. The quantitative estimate of drug-likeness (QED) is 0.667. The number of nitrogens with one attached hydrogen (secondary N) is 1. The molecule has 2 atom stereocenters. The highest BCUT2D eigenvalue weighted by Gasteiger charge is 2.43. The molecule has 2 saturated heterocycles. The summed E-state index contributed by atoms with van der Waals surface area (Å²) in [6.45, 7) is 5.82. The number of carboxylic acid groups (broad SMARTS) is 1. The van der Waals surface area contributed by atoms with E-state index < -0.39 is 0 Å². The molecular weight excluding hydrogens is 414 g/mol. The summed E-state index contributed by atoms with van der Waals surface area (Å²) in [5.41, 5.74) is 0.576. The normalized spacial score (nSPS) is 27.2. The lowest BCUT2D eigenvalue weighted by atomic mass is 9.84. The number of aromatic nitrogens is 2. The van der Waals surface area contributed by atoms with Crippen molar-refractivity contribution in [1.29, 1.82) is 0 Å². The Hall–Kier alpha value is -2.91. The van der Waals surface area contributed by atoms with Gasteiger partial charge in [-0.1, -0.05) is 0 Å². The first kappa shape index (κ1) is 23.7. The van der Waals surface area contributed by atoms with Crippen LogP contribution in [0.15, 0.2) is 12.4 Å². The molecule has 3 heterocycles. The lowest BCUT2D eigenvalue weighted by molar-refractivity contribution is -0.155. The molecular formula is C22H33N5O5. The average Bonchev–Trinajstić information content (AvgIpc) is 3.46. The molecule has 10 nitrogen and oxygen atoms in total. The monoisotopic (exact) mass is 447 g/mol. The summed E-state index contributed by atoms with van der Waals surface area (Å²) < 4.78 is 1.73. The number of amides is 3. The standard InChI is InChI=1S/C21H31N5O3.CH2O2/c1-3-24-12-16(11-22-24)19(27)23-17-8-6-15(7-9-17)21(29)26-13-18-5-4-10-25(18)20(28)14(26)2;2-1-3/h11-12,14-15,17-18H,3-10,13H2,1-2H3,(H,23,27);1H,(H,2,3)/t14-,15?,17?,18-;/m0./s1. The minimum Gasteiger partial charge on any atom is -0.483 e. The average molecular weight is 448 g/mol. The van der Waals surface area contributed by atoms with Gasteiger partial charge in [-0.25, -0.2) is 0 Å². The predicted octanol–water partition coefficient (Wildman–Crippen LogP) is 1.11. The fourth-order valence-electron chi connectivity index (χ4n) is 5.00. The highest BCUT2D eigenvalue weighted by Crippen LogP contribution is 2.31. The fourth-order valence-corrected chi connectivity index (χ4v) is 5.00. The molecule has 1 aromatic heterocycles. The van der Waals surface area contributed by atoms with E-state index in [0.717, 1.165) is 51.6 Å². The third kappa shape index (κ3) is 5.11. The van der Waals surface area contributed by atoms with E-state index in [0.29, 0.717) is 12.1 Å². The van der Waals surface area contributed by atoms with Crippen LogP contribution in [0.5, 0.6) is 0 Å². The summed E-state index contributed by atoms with van der Waals surface area (Å²) in [5, 5.41) is 14.1. The molecule has 0 aromatic carbocycles. The van der Waals surface area contributed by atoms with Gasteiger partial charge in [0.25, 0.3) is 12.4 Å². The molecule has 0 unspecified atom stereocenters. The number of nitrogens with zero attached hydrogens (tertiary/aromatic N) is 4. The smallest absolute Gasteiger partial charge is 0.290 e. The maximum absolute atomic E-state index is 13.1. The van der Waals surface area contributed by atoms with Crippen LogP contribution in [-0.4, -0.2) is 80.1 Å². The van der Waals surface area contributed by atoms with Crippen molar-refractivity contribution < 1.29 is 24.3 Å². The maximum Gasteiger partial charge on any atom is 0.290 e. The van der Waals surface area contributed by atoms with Crippen molar-refractivity contribution in [1.82, 2.24) is 24.9 Å². The molecule has 0 radical (unpaired) electrons. The van der Waals surface area contributed by atoms with Crippen molar-refractivity contribution in [2.45, 2.75) is 77.0 Å². The third-order valence-corrected chi connectivity index (χ3v) is 6.81. The van der Waals surface area contributed by atoms with Gasteiger partial charge in [0.2, 0.25) is 11.8 Å². The van der Waals surface area contributed by atoms with Crippen molar-refractivity contribution >= 4 is 24.2 Å². The minimum absolute atomic E-state index is 0.0470. The van der Waals surface area contributed by atoms with Crippen LogP contribution in [0, 0.1) is 5.92 Å². The number of carbonyl (C=O) groups is 4. The van der Waals surface area contributed by atoms with Gasteiger partial charge in [0.1, 0.15) is 6.04 Å². The van der Waals surface area contributed by atoms with Crippen molar-refractivity contribution in [3.05, 3.63) is 18.0 Å². The topological polar surface area (TPSA) is 125 Å². The van der Waals surface area contributed by atoms with E-state index in [4.69, 9.17) is 9.90 Å². The van der Waals surface area contributed by atoms with Crippen molar-refractivity contribution in [2.75, 3.05) is 13.1 Å². The van der Waals surface area contributed by atoms with Gasteiger partial charge in [0.05, 0.1) is 11.8 Å². The summed E-state index contributed by atoms with van der Waals surface area (Å²) in [4.78, 5) is 50.3. The van der Waals surface area contributed by atoms with Crippen molar-refractivity contribution in [3.8, 4) is 0 Å². The van der Waals surface area contributed by atoms with E-state index in [-0.39, 0.29) is 48.2 Å². The second kappa shape index (κ2) is 10.6. The van der Waals surface area contributed by atoms with Crippen LogP contribution in [0.2, 0.25) is 0 Å². The van der Waals surface area contributed by atoms with Gasteiger partial charge in [-0.05, 0) is 52.4 Å². The second-order valence-corrected chi connectivity index (χ2v) is 8.71. The van der Waals surface area contributed by atoms with Gasteiger partial charge in [-0.15, -0.1) is 0 Å². The van der Waals surface area contributed by atoms with Crippen LogP contribution < -0.4 is 5.32 Å². The minimum atomic E-state index is -0.357. The van der Waals surface area contributed by atoms with E-state index in [1.165, 1.54) is 0 Å². The number of hydrogen-bond acceptors (Lipinski definition) is 5. The summed E-state index contributed by atoms with van der Waals surface area (Å²) >= 11 is 0. The predicted molar refractivity (Wildman–Crippen MR) is 116 cm³/mol. The van der Waals surface area contributed by atoms with Crippen LogP contribution in [0.25, 0.3) is 0 Å². The zero-order valence-electron chi connectivity index (χ0n) is 18.8. The van der Waals surface area contributed by atoms with Crippen LogP contribution in [-0.2, 0) is 20.9 Å². The largest absolute Gasteiger partial charge is 0.483 e. The van der Waals surface area contributed by atoms with Gasteiger partial charge >= 0.3 is 0 Å². The van der Waals surface area contributed by atoms with E-state index in [2.05, 4.69) is 10.4 Å². The molecule has 3 fully saturated rings. The van der Waals surface area contributed by atoms with Crippen LogP contribution >= 0.6 is 0 Å². The Bertz CT molecular complexity index is 832. The molecule has 2 N–H and O–H groups in total. The molecule has 3 amide bonds. The number of aryl methyl sites for hydroxylation is 1. The molecule has 1 aliphatic carbocycles. The number of piperazine rings is 1. The molecule has 0 bridgehead atoms. The molecule has 1 saturated carbocycles. The summed E-state index contributed by atoms with van der Waals surface area (Å²) in [5.74, 6) is 0.0670. The number of fused-ring (bicyclic) bond motifs is 1. The summed E-state index contributed by atoms with van der Waals surface area (Å²) in [6.07, 6.45) is 8.46. The van der Waals surface area contributed by atoms with Gasteiger partial charge < -0.3 is 20.2 Å². The highest BCUT2D eigenvalue weighted by molar-refractivity contribution is 5.94. The molecule has 4 rings (SSSR count). The van der Waals surface area contributed by atoms with Gasteiger partial charge in [-0.3, -0.25) is 23.9 Å². The molecule has 10 heteroatoms. The van der Waals surface area contributed by atoms with E-state index in [9.17, 15) is 14.4 Å². The van der Waals surface area contributed by atoms with Crippen molar-refractivity contribution in [2.24, 2.45) is 5.92 Å². The molecule has 176 valence electrons. The van der Waals surface area contributed by atoms with E-state index in [1.807, 2.05) is 23.6 Å². The van der Waals surface area contributed by atoms with Crippen LogP contribution in [0.1, 0.15) is 62.7 Å². The van der Waals surface area contributed by atoms with Gasteiger partial charge in [0.15, 0.2) is 0 Å². The molecule has 3 aliphatic rings. The van der Waals surface area contributed by atoms with Crippen molar-refractivity contribution in [3.63, 3.8) is 0 Å². The van der Waals surface area contributed by atoms with Gasteiger partial charge in [-0.2, -0.15) is 5.10 Å². The number of rotatable bonds is 4. The number of carbonyl (C=O) groups excluding carboxylic acids is 3. The van der Waals surface area contributed by atoms with Crippen LogP contribution in [0.4, 0.5) is 0 Å². The summed E-state index contributed by atoms with van der Waals surface area (Å²) in [7, 11) is 0. The Labute approximate surface area is 187 Å². The first-order valence-corrected chi connectivity index (χ1v) is 11.4.